The van der Waals surface area contributed by atoms with Crippen LogP contribution in [0.15, 0.2) is 18.2 Å². The summed E-state index contributed by atoms with van der Waals surface area (Å²) in [5, 5.41) is 0.932. The van der Waals surface area contributed by atoms with Crippen molar-refractivity contribution in [2.75, 3.05) is 19.4 Å². The van der Waals surface area contributed by atoms with Gasteiger partial charge in [-0.25, -0.2) is 0 Å². The Labute approximate surface area is 128 Å². The summed E-state index contributed by atoms with van der Waals surface area (Å²) in [6, 6.07) is 5.73. The zero-order chi connectivity index (χ0) is 15.2. The first-order valence-corrected chi connectivity index (χ1v) is 7.93. The molecular formula is C16H20N2O2S. The van der Waals surface area contributed by atoms with Crippen molar-refractivity contribution in [2.24, 2.45) is 0 Å². The van der Waals surface area contributed by atoms with Crippen molar-refractivity contribution in [1.82, 2.24) is 4.90 Å². The Morgan fingerprint density at radius 1 is 1.43 bits per heavy atom. The lowest BCUT2D eigenvalue weighted by molar-refractivity contribution is 0.0658. The van der Waals surface area contributed by atoms with Gasteiger partial charge in [-0.3, -0.25) is 4.79 Å². The Kier molecular flexibility index (Phi) is 3.32. The SMILES string of the molecule is COc1ccc2c(N)c(C(=O)N3CCCC3(C)C)sc2c1. The smallest absolute Gasteiger partial charge is 0.266 e. The number of hydrogen-bond acceptors (Lipinski definition) is 4. The first-order valence-electron chi connectivity index (χ1n) is 7.12. The summed E-state index contributed by atoms with van der Waals surface area (Å²) in [7, 11) is 1.64. The fourth-order valence-corrected chi connectivity index (χ4v) is 4.09. The number of anilines is 1. The number of methoxy groups -OCH3 is 1. The highest BCUT2D eigenvalue weighted by Crippen LogP contribution is 2.39. The van der Waals surface area contributed by atoms with Gasteiger partial charge in [0, 0.05) is 22.2 Å². The van der Waals surface area contributed by atoms with Gasteiger partial charge in [0.1, 0.15) is 10.6 Å². The van der Waals surface area contributed by atoms with Crippen molar-refractivity contribution in [3.63, 3.8) is 0 Å². The lowest BCUT2D eigenvalue weighted by Crippen LogP contribution is -2.42. The summed E-state index contributed by atoms with van der Waals surface area (Å²) in [4.78, 5) is 15.4. The van der Waals surface area contributed by atoms with E-state index in [1.807, 2.05) is 23.1 Å². The number of nitrogens with zero attached hydrogens (tertiary/aromatic N) is 1. The molecule has 2 aromatic rings. The number of rotatable bonds is 2. The molecule has 1 aromatic carbocycles. The quantitative estimate of drug-likeness (QED) is 0.923. The molecule has 1 saturated heterocycles. The molecular weight excluding hydrogens is 284 g/mol. The number of hydrogen-bond donors (Lipinski definition) is 1. The molecule has 1 aromatic heterocycles. The van der Waals surface area contributed by atoms with E-state index in [-0.39, 0.29) is 11.4 Å². The van der Waals surface area contributed by atoms with Crippen LogP contribution in [0.2, 0.25) is 0 Å². The molecule has 0 saturated carbocycles. The predicted octanol–water partition coefficient (Wildman–Crippen LogP) is 3.51. The van der Waals surface area contributed by atoms with Crippen molar-refractivity contribution in [1.29, 1.82) is 0 Å². The molecule has 4 nitrogen and oxygen atoms in total. The van der Waals surface area contributed by atoms with Crippen molar-refractivity contribution in [3.05, 3.63) is 23.1 Å². The lowest BCUT2D eigenvalue weighted by atomic mass is 10.0. The van der Waals surface area contributed by atoms with Crippen LogP contribution in [0.5, 0.6) is 5.75 Å². The number of likely N-dealkylation sites (tertiary alicyclic amines) is 1. The molecule has 112 valence electrons. The average molecular weight is 304 g/mol. The number of benzene rings is 1. The highest BCUT2D eigenvalue weighted by atomic mass is 32.1. The number of fused-ring (bicyclic) bond motifs is 1. The van der Waals surface area contributed by atoms with Gasteiger partial charge in [0.05, 0.1) is 12.8 Å². The first kappa shape index (κ1) is 14.2. The van der Waals surface area contributed by atoms with Crippen molar-refractivity contribution < 1.29 is 9.53 Å². The molecule has 1 aliphatic heterocycles. The molecule has 2 heterocycles. The van der Waals surface area contributed by atoms with Gasteiger partial charge in [0.25, 0.3) is 5.91 Å². The zero-order valence-electron chi connectivity index (χ0n) is 12.6. The minimum Gasteiger partial charge on any atom is -0.497 e. The van der Waals surface area contributed by atoms with Gasteiger partial charge >= 0.3 is 0 Å². The number of thiophene rings is 1. The fraction of sp³-hybridized carbons (Fsp3) is 0.438. The Bertz CT molecular complexity index is 706. The number of carbonyl (C=O) groups is 1. The summed E-state index contributed by atoms with van der Waals surface area (Å²) in [6.07, 6.45) is 2.09. The Morgan fingerprint density at radius 2 is 2.19 bits per heavy atom. The molecule has 5 heteroatoms. The van der Waals surface area contributed by atoms with E-state index in [0.717, 1.165) is 35.2 Å². The van der Waals surface area contributed by atoms with Gasteiger partial charge < -0.3 is 15.4 Å². The van der Waals surface area contributed by atoms with Crippen molar-refractivity contribution >= 4 is 33.0 Å². The molecule has 1 aliphatic rings. The van der Waals surface area contributed by atoms with E-state index in [1.54, 1.807) is 7.11 Å². The highest BCUT2D eigenvalue weighted by Gasteiger charge is 2.37. The van der Waals surface area contributed by atoms with Crippen LogP contribution < -0.4 is 10.5 Å². The van der Waals surface area contributed by atoms with E-state index in [4.69, 9.17) is 10.5 Å². The maximum Gasteiger partial charge on any atom is 0.266 e. The second-order valence-electron chi connectivity index (χ2n) is 6.08. The van der Waals surface area contributed by atoms with E-state index in [9.17, 15) is 4.79 Å². The molecule has 0 unspecified atom stereocenters. The normalized spacial score (nSPS) is 17.4. The largest absolute Gasteiger partial charge is 0.497 e. The van der Waals surface area contributed by atoms with E-state index in [1.165, 1.54) is 11.3 Å². The molecule has 3 rings (SSSR count). The van der Waals surface area contributed by atoms with Crippen molar-refractivity contribution in [3.8, 4) is 5.75 Å². The second kappa shape index (κ2) is 4.91. The second-order valence-corrected chi connectivity index (χ2v) is 7.13. The van der Waals surface area contributed by atoms with Crippen LogP contribution in [0.4, 0.5) is 5.69 Å². The van der Waals surface area contributed by atoms with E-state index >= 15 is 0 Å². The lowest BCUT2D eigenvalue weighted by Gasteiger charge is -2.31. The van der Waals surface area contributed by atoms with Crippen LogP contribution in [0.1, 0.15) is 36.4 Å². The fourth-order valence-electron chi connectivity index (χ4n) is 2.99. The maximum atomic E-state index is 12.8. The maximum absolute atomic E-state index is 12.8. The molecule has 1 fully saturated rings. The molecule has 0 atom stereocenters. The van der Waals surface area contributed by atoms with Crippen molar-refractivity contribution in [2.45, 2.75) is 32.2 Å². The van der Waals surface area contributed by atoms with Gasteiger partial charge in [0.2, 0.25) is 0 Å². The third-order valence-electron chi connectivity index (χ3n) is 4.28. The highest BCUT2D eigenvalue weighted by molar-refractivity contribution is 7.21. The molecule has 1 amide bonds. The third-order valence-corrected chi connectivity index (χ3v) is 5.43. The number of carbonyl (C=O) groups excluding carboxylic acids is 1. The summed E-state index contributed by atoms with van der Waals surface area (Å²) in [6.45, 7) is 5.04. The first-order chi connectivity index (χ1) is 9.94. The topological polar surface area (TPSA) is 55.6 Å². The molecule has 0 spiro atoms. The average Bonchev–Trinajstić information content (AvgIpc) is 2.97. The van der Waals surface area contributed by atoms with Gasteiger partial charge in [-0.2, -0.15) is 0 Å². The standard InChI is InChI=1S/C16H20N2O2S/c1-16(2)7-4-8-18(16)15(19)14-13(17)11-6-5-10(20-3)9-12(11)21-14/h5-6,9H,4,7-8,17H2,1-3H3. The summed E-state index contributed by atoms with van der Waals surface area (Å²) < 4.78 is 6.23. The Balaban J connectivity index is 2.04. The Morgan fingerprint density at radius 3 is 2.81 bits per heavy atom. The van der Waals surface area contributed by atoms with E-state index in [0.29, 0.717) is 10.6 Å². The molecule has 21 heavy (non-hydrogen) atoms. The van der Waals surface area contributed by atoms with Crippen LogP contribution in [0.25, 0.3) is 10.1 Å². The summed E-state index contributed by atoms with van der Waals surface area (Å²) >= 11 is 1.45. The summed E-state index contributed by atoms with van der Waals surface area (Å²) in [5.74, 6) is 0.833. The van der Waals surface area contributed by atoms with Gasteiger partial charge in [0.15, 0.2) is 0 Å². The van der Waals surface area contributed by atoms with Crippen LogP contribution in [-0.2, 0) is 0 Å². The summed E-state index contributed by atoms with van der Waals surface area (Å²) in [5.41, 5.74) is 6.71. The van der Waals surface area contributed by atoms with Gasteiger partial charge in [-0.05, 0) is 44.9 Å². The molecule has 2 N–H and O–H groups in total. The van der Waals surface area contributed by atoms with Crippen LogP contribution >= 0.6 is 11.3 Å². The van der Waals surface area contributed by atoms with E-state index < -0.39 is 0 Å². The molecule has 0 aliphatic carbocycles. The minimum atomic E-state index is -0.0859. The van der Waals surface area contributed by atoms with Crippen LogP contribution in [-0.4, -0.2) is 30.0 Å². The number of nitrogens with two attached hydrogens (primary N) is 1. The van der Waals surface area contributed by atoms with E-state index in [2.05, 4.69) is 13.8 Å². The predicted molar refractivity (Wildman–Crippen MR) is 87.1 cm³/mol. The number of ether oxygens (including phenoxy) is 1. The third kappa shape index (κ3) is 2.25. The van der Waals surface area contributed by atoms with Crippen LogP contribution in [0.3, 0.4) is 0 Å². The molecule has 0 radical (unpaired) electrons. The monoisotopic (exact) mass is 304 g/mol. The Hall–Kier alpha value is -1.75. The minimum absolute atomic E-state index is 0.0511. The zero-order valence-corrected chi connectivity index (χ0v) is 13.4. The van der Waals surface area contributed by atoms with Gasteiger partial charge in [-0.15, -0.1) is 11.3 Å². The number of amides is 1. The molecule has 0 bridgehead atoms. The number of nitrogen functional groups attached to an aromatic ring is 1. The van der Waals surface area contributed by atoms with Crippen LogP contribution in [0, 0.1) is 0 Å². The van der Waals surface area contributed by atoms with Gasteiger partial charge in [-0.1, -0.05) is 0 Å².